The van der Waals surface area contributed by atoms with Crippen LogP contribution in [0.15, 0.2) is 60.9 Å². The van der Waals surface area contributed by atoms with E-state index in [4.69, 9.17) is 4.74 Å². The molecule has 9 heteroatoms. The Morgan fingerprint density at radius 2 is 1.97 bits per heavy atom. The molecule has 0 spiro atoms. The number of hydrogen-bond acceptors (Lipinski definition) is 4. The second-order valence-corrected chi connectivity index (χ2v) is 9.15. The van der Waals surface area contributed by atoms with Crippen LogP contribution in [-0.4, -0.2) is 41.5 Å². The van der Waals surface area contributed by atoms with Gasteiger partial charge in [0.05, 0.1) is 18.0 Å². The minimum Gasteiger partial charge on any atom is -0.491 e. The van der Waals surface area contributed by atoms with Gasteiger partial charge in [-0.3, -0.25) is 9.78 Å². The Kier molecular flexibility index (Phi) is 6.79. The second-order valence-electron chi connectivity index (χ2n) is 9.15. The Balaban J connectivity index is 1.27. The van der Waals surface area contributed by atoms with Crippen LogP contribution in [0, 0.1) is 23.5 Å². The molecule has 0 saturated carbocycles. The monoisotopic (exact) mass is 492 g/mol. The summed E-state index contributed by atoms with van der Waals surface area (Å²) in [4.78, 5) is 31.5. The maximum absolute atomic E-state index is 14.0. The van der Waals surface area contributed by atoms with Gasteiger partial charge < -0.3 is 20.3 Å². The Hall–Kier alpha value is -4.01. The summed E-state index contributed by atoms with van der Waals surface area (Å²) in [5.41, 5.74) is 2.42. The summed E-state index contributed by atoms with van der Waals surface area (Å²) in [6.07, 6.45) is 5.12. The van der Waals surface area contributed by atoms with Gasteiger partial charge in [0.1, 0.15) is 17.4 Å². The van der Waals surface area contributed by atoms with Crippen molar-refractivity contribution in [2.45, 2.75) is 19.3 Å². The zero-order valence-corrected chi connectivity index (χ0v) is 19.5. The number of halogens is 2. The first-order valence-corrected chi connectivity index (χ1v) is 11.9. The van der Waals surface area contributed by atoms with Gasteiger partial charge in [0.2, 0.25) is 5.91 Å². The standard InChI is InChI=1S/C27H26F2N4O3/c28-21-4-5-23(22(29)14-21)32-27(35)33-10-7-18-13-26(34)31-24-12-17(19-2-1-9-30-15-19)3-6-25(24)36-11-8-20(18)16-33/h1-6,9,12,14-15,18,20H,7-8,10-11,13,16H2,(H,31,34)(H,32,35)/t18-,20-/m0/s1. The molecule has 2 N–H and O–H groups in total. The molecule has 0 aliphatic carbocycles. The van der Waals surface area contributed by atoms with Crippen LogP contribution in [0.2, 0.25) is 0 Å². The second kappa shape index (κ2) is 10.3. The normalized spacial score (nSPS) is 19.8. The van der Waals surface area contributed by atoms with Gasteiger partial charge >= 0.3 is 6.03 Å². The number of pyridine rings is 1. The van der Waals surface area contributed by atoms with Gasteiger partial charge in [0.15, 0.2) is 0 Å². The van der Waals surface area contributed by atoms with Crippen LogP contribution >= 0.6 is 0 Å². The number of hydrogen-bond donors (Lipinski definition) is 2. The third kappa shape index (κ3) is 5.30. The van der Waals surface area contributed by atoms with Crippen LogP contribution < -0.4 is 15.4 Å². The summed E-state index contributed by atoms with van der Waals surface area (Å²) in [5.74, 6) is -0.917. The molecule has 2 aromatic carbocycles. The van der Waals surface area contributed by atoms with Crippen LogP contribution in [0.3, 0.4) is 0 Å². The van der Waals surface area contributed by atoms with Gasteiger partial charge in [-0.15, -0.1) is 0 Å². The average Bonchev–Trinajstić information content (AvgIpc) is 2.87. The number of carbonyl (C=O) groups is 2. The highest BCUT2D eigenvalue weighted by Crippen LogP contribution is 2.35. The number of ether oxygens (including phenoxy) is 1. The van der Waals surface area contributed by atoms with Crippen molar-refractivity contribution in [3.63, 3.8) is 0 Å². The predicted octanol–water partition coefficient (Wildman–Crippen LogP) is 5.31. The van der Waals surface area contributed by atoms with Crippen LogP contribution in [0.5, 0.6) is 5.75 Å². The summed E-state index contributed by atoms with van der Waals surface area (Å²) >= 11 is 0. The quantitative estimate of drug-likeness (QED) is 0.508. The number of nitrogens with one attached hydrogen (secondary N) is 2. The van der Waals surface area contributed by atoms with Gasteiger partial charge in [0, 0.05) is 43.5 Å². The topological polar surface area (TPSA) is 83.6 Å². The van der Waals surface area contributed by atoms with E-state index < -0.39 is 17.7 Å². The minimum atomic E-state index is -0.827. The van der Waals surface area contributed by atoms with Crippen molar-refractivity contribution in [3.8, 4) is 16.9 Å². The molecular formula is C27H26F2N4O3. The molecular weight excluding hydrogens is 466 g/mol. The third-order valence-electron chi connectivity index (χ3n) is 6.79. The fourth-order valence-corrected chi connectivity index (χ4v) is 4.87. The highest BCUT2D eigenvalue weighted by Gasteiger charge is 2.33. The molecule has 0 bridgehead atoms. The molecule has 0 unspecified atom stereocenters. The number of urea groups is 1. The van der Waals surface area contributed by atoms with Crippen LogP contribution in [0.25, 0.3) is 11.1 Å². The number of benzene rings is 2. The predicted molar refractivity (Wildman–Crippen MR) is 132 cm³/mol. The number of rotatable bonds is 2. The van der Waals surface area contributed by atoms with E-state index in [9.17, 15) is 18.4 Å². The fraction of sp³-hybridized carbons (Fsp3) is 0.296. The Morgan fingerprint density at radius 1 is 1.08 bits per heavy atom. The molecule has 1 fully saturated rings. The Morgan fingerprint density at radius 3 is 2.78 bits per heavy atom. The molecule has 2 aliphatic rings. The van der Waals surface area contributed by atoms with E-state index in [0.717, 1.165) is 23.3 Å². The zero-order valence-electron chi connectivity index (χ0n) is 19.5. The Bertz CT molecular complexity index is 1270. The molecule has 3 amide bonds. The minimum absolute atomic E-state index is 0.0459. The molecule has 1 aromatic heterocycles. The number of fused-ring (bicyclic) bond motifs is 2. The lowest BCUT2D eigenvalue weighted by Gasteiger charge is -2.39. The molecule has 1 saturated heterocycles. The number of nitrogens with zero attached hydrogens (tertiary/aromatic N) is 2. The smallest absolute Gasteiger partial charge is 0.321 e. The summed E-state index contributed by atoms with van der Waals surface area (Å²) in [7, 11) is 0. The van der Waals surface area contributed by atoms with Crippen molar-refractivity contribution in [1.82, 2.24) is 9.88 Å². The van der Waals surface area contributed by atoms with E-state index in [1.807, 2.05) is 30.3 Å². The van der Waals surface area contributed by atoms with Crippen molar-refractivity contribution < 1.29 is 23.1 Å². The average molecular weight is 493 g/mol. The molecule has 0 radical (unpaired) electrons. The van der Waals surface area contributed by atoms with Crippen LogP contribution in [0.1, 0.15) is 19.3 Å². The summed E-state index contributed by atoms with van der Waals surface area (Å²) in [6, 6.07) is 12.1. The first-order valence-electron chi connectivity index (χ1n) is 11.9. The lowest BCUT2D eigenvalue weighted by Crippen LogP contribution is -2.46. The molecule has 7 nitrogen and oxygen atoms in total. The van der Waals surface area contributed by atoms with Gasteiger partial charge in [-0.25, -0.2) is 13.6 Å². The van der Waals surface area contributed by atoms with Crippen molar-refractivity contribution in [1.29, 1.82) is 0 Å². The van der Waals surface area contributed by atoms with Crippen LogP contribution in [-0.2, 0) is 4.79 Å². The lowest BCUT2D eigenvalue weighted by atomic mass is 9.81. The summed E-state index contributed by atoms with van der Waals surface area (Å²) in [5, 5.41) is 5.53. The molecule has 3 aromatic rings. The SMILES string of the molecule is O=C1C[C@@H]2CCN(C(=O)Nc3ccc(F)cc3F)C[C@@H]2CCOc2ccc(-c3cccnc3)cc2N1. The summed E-state index contributed by atoms with van der Waals surface area (Å²) < 4.78 is 33.2. The van der Waals surface area contributed by atoms with Gasteiger partial charge in [-0.2, -0.15) is 0 Å². The maximum Gasteiger partial charge on any atom is 0.321 e. The fourth-order valence-electron chi connectivity index (χ4n) is 4.87. The molecule has 186 valence electrons. The highest BCUT2D eigenvalue weighted by molar-refractivity contribution is 5.93. The lowest BCUT2D eigenvalue weighted by molar-refractivity contribution is -0.118. The van der Waals surface area contributed by atoms with E-state index >= 15 is 0 Å². The highest BCUT2D eigenvalue weighted by atomic mass is 19.1. The number of piperidine rings is 1. The number of anilines is 2. The van der Waals surface area contributed by atoms with Crippen molar-refractivity contribution >= 4 is 23.3 Å². The zero-order chi connectivity index (χ0) is 25.1. The van der Waals surface area contributed by atoms with Crippen LogP contribution in [0.4, 0.5) is 25.0 Å². The van der Waals surface area contributed by atoms with Gasteiger partial charge in [-0.1, -0.05) is 12.1 Å². The van der Waals surface area contributed by atoms with Crippen molar-refractivity contribution in [2.24, 2.45) is 11.8 Å². The molecule has 5 rings (SSSR count). The van der Waals surface area contributed by atoms with E-state index in [-0.39, 0.29) is 23.4 Å². The number of carbonyl (C=O) groups excluding carboxylic acids is 2. The van der Waals surface area contributed by atoms with E-state index in [0.29, 0.717) is 50.4 Å². The first-order chi connectivity index (χ1) is 17.5. The van der Waals surface area contributed by atoms with Crippen molar-refractivity contribution in [2.75, 3.05) is 30.3 Å². The van der Waals surface area contributed by atoms with Gasteiger partial charge in [-0.05, 0) is 60.6 Å². The molecule has 2 aliphatic heterocycles. The van der Waals surface area contributed by atoms with E-state index in [1.54, 1.807) is 17.3 Å². The number of likely N-dealkylation sites (tertiary alicyclic amines) is 1. The largest absolute Gasteiger partial charge is 0.491 e. The third-order valence-corrected chi connectivity index (χ3v) is 6.79. The van der Waals surface area contributed by atoms with E-state index in [1.165, 1.54) is 6.07 Å². The number of amides is 3. The van der Waals surface area contributed by atoms with E-state index in [2.05, 4.69) is 15.6 Å². The first kappa shape index (κ1) is 23.7. The molecule has 3 heterocycles. The number of aromatic nitrogens is 1. The van der Waals surface area contributed by atoms with Gasteiger partial charge in [0.25, 0.3) is 0 Å². The summed E-state index contributed by atoms with van der Waals surface area (Å²) in [6.45, 7) is 1.28. The Labute approximate surface area is 207 Å². The van der Waals surface area contributed by atoms with Crippen molar-refractivity contribution in [3.05, 3.63) is 72.6 Å². The molecule has 36 heavy (non-hydrogen) atoms. The maximum atomic E-state index is 14.0. The molecule has 2 atom stereocenters.